The van der Waals surface area contributed by atoms with Gasteiger partial charge in [0.05, 0.1) is 16.7 Å². The summed E-state index contributed by atoms with van der Waals surface area (Å²) in [6.45, 7) is 13.4. The molecule has 2 aromatic rings. The third-order valence-corrected chi connectivity index (χ3v) is 12.3. The predicted molar refractivity (Wildman–Crippen MR) is 220 cm³/mol. The van der Waals surface area contributed by atoms with Gasteiger partial charge in [0.2, 0.25) is 5.91 Å². The van der Waals surface area contributed by atoms with Crippen molar-refractivity contribution in [2.24, 2.45) is 11.8 Å². The summed E-state index contributed by atoms with van der Waals surface area (Å²) in [5, 5.41) is 11.9. The molecule has 0 unspecified atom stereocenters. The summed E-state index contributed by atoms with van der Waals surface area (Å²) in [4.78, 5) is 44.6. The van der Waals surface area contributed by atoms with Crippen molar-refractivity contribution in [3.8, 4) is 0 Å². The van der Waals surface area contributed by atoms with Gasteiger partial charge in [-0.3, -0.25) is 14.5 Å². The van der Waals surface area contributed by atoms with Crippen molar-refractivity contribution < 1.29 is 24.2 Å². The first-order valence-corrected chi connectivity index (χ1v) is 21.7. The molecule has 0 radical (unpaired) electrons. The van der Waals surface area contributed by atoms with Gasteiger partial charge in [0.15, 0.2) is 5.60 Å². The third-order valence-electron chi connectivity index (χ3n) is 9.71. The van der Waals surface area contributed by atoms with Gasteiger partial charge in [-0.25, -0.2) is 4.79 Å². The summed E-state index contributed by atoms with van der Waals surface area (Å²) in [6.07, 6.45) is 15.7. The van der Waals surface area contributed by atoms with Gasteiger partial charge in [-0.05, 0) is 93.2 Å². The Labute approximate surface area is 323 Å². The Kier molecular flexibility index (Phi) is 18.0. The highest BCUT2D eigenvalue weighted by Gasteiger charge is 2.60. The van der Waals surface area contributed by atoms with Crippen LogP contribution >= 0.6 is 23.5 Å². The van der Waals surface area contributed by atoms with E-state index in [1.807, 2.05) is 87.5 Å². The molecule has 3 rings (SSSR count). The van der Waals surface area contributed by atoms with Crippen LogP contribution in [0.3, 0.4) is 0 Å². The zero-order valence-corrected chi connectivity index (χ0v) is 34.5. The number of nitrogens with zero attached hydrogens (tertiary/aromatic N) is 1. The van der Waals surface area contributed by atoms with Crippen LogP contribution in [-0.2, 0) is 19.1 Å². The Hall–Kier alpha value is -2.55. The molecule has 3 atom stereocenters. The van der Waals surface area contributed by atoms with E-state index in [-0.39, 0.29) is 12.3 Å². The number of rotatable bonds is 22. The highest BCUT2D eigenvalue weighted by atomic mass is 32.2. The molecule has 2 aromatic carbocycles. The minimum atomic E-state index is -2.15. The van der Waals surface area contributed by atoms with E-state index in [2.05, 4.69) is 18.7 Å². The molecular weight excluding hydrogens is 687 g/mol. The second kappa shape index (κ2) is 21.4. The van der Waals surface area contributed by atoms with Gasteiger partial charge in [-0.15, -0.1) is 0 Å². The van der Waals surface area contributed by atoms with Gasteiger partial charge in [0, 0.05) is 0 Å². The Morgan fingerprint density at radius 3 is 1.90 bits per heavy atom. The number of allylic oxidation sites excluding steroid dienone is 1. The zero-order valence-electron chi connectivity index (χ0n) is 32.9. The maximum Gasteiger partial charge on any atom is 0.339 e. The first-order chi connectivity index (χ1) is 24.8. The van der Waals surface area contributed by atoms with E-state index in [0.29, 0.717) is 12.8 Å². The largest absolute Gasteiger partial charge is 0.458 e. The van der Waals surface area contributed by atoms with Gasteiger partial charge >= 0.3 is 5.97 Å². The molecule has 1 aliphatic heterocycles. The monoisotopic (exact) mass is 751 g/mol. The minimum Gasteiger partial charge on any atom is -0.458 e. The number of carbonyl (C=O) groups is 3. The molecule has 0 spiro atoms. The fraction of sp³-hybridized carbons (Fsp3) is 0.614. The third kappa shape index (κ3) is 11.7. The van der Waals surface area contributed by atoms with Crippen LogP contribution in [0.4, 0.5) is 4.79 Å². The van der Waals surface area contributed by atoms with E-state index in [0.717, 1.165) is 42.2 Å². The molecule has 1 heterocycles. The Morgan fingerprint density at radius 2 is 1.40 bits per heavy atom. The van der Waals surface area contributed by atoms with Crippen LogP contribution in [0, 0.1) is 11.8 Å². The second-order valence-corrected chi connectivity index (χ2v) is 18.0. The van der Waals surface area contributed by atoms with Crippen molar-refractivity contribution in [1.29, 1.82) is 0 Å². The van der Waals surface area contributed by atoms with E-state index in [1.165, 1.54) is 54.9 Å². The lowest BCUT2D eigenvalue weighted by Crippen LogP contribution is -2.57. The summed E-state index contributed by atoms with van der Waals surface area (Å²) < 4.78 is 4.88. The molecule has 1 fully saturated rings. The van der Waals surface area contributed by atoms with Crippen LogP contribution in [0.15, 0.2) is 72.8 Å². The van der Waals surface area contributed by atoms with Crippen molar-refractivity contribution in [2.75, 3.05) is 11.5 Å². The van der Waals surface area contributed by atoms with E-state index < -0.39 is 45.0 Å². The van der Waals surface area contributed by atoms with Gasteiger partial charge in [-0.1, -0.05) is 145 Å². The quantitative estimate of drug-likeness (QED) is 0.0728. The average Bonchev–Trinajstić information content (AvgIpc) is 3.44. The molecule has 8 heteroatoms. The molecule has 0 aliphatic carbocycles. The number of amides is 2. The molecule has 288 valence electrons. The molecule has 1 saturated heterocycles. The van der Waals surface area contributed by atoms with Crippen molar-refractivity contribution in [3.63, 3.8) is 0 Å². The van der Waals surface area contributed by atoms with Crippen LogP contribution < -0.4 is 0 Å². The molecular formula is C44H65NO5S2. The maximum atomic E-state index is 15.0. The fourth-order valence-corrected chi connectivity index (χ4v) is 9.83. The molecule has 0 saturated carbocycles. The molecule has 6 nitrogen and oxygen atoms in total. The lowest BCUT2D eigenvalue weighted by atomic mass is 9.77. The van der Waals surface area contributed by atoms with E-state index >= 15 is 4.79 Å². The lowest BCUT2D eigenvalue weighted by molar-refractivity contribution is -0.185. The van der Waals surface area contributed by atoms with Crippen LogP contribution in [0.5, 0.6) is 0 Å². The molecule has 52 heavy (non-hydrogen) atoms. The first-order valence-electron chi connectivity index (χ1n) is 19.7. The number of benzene rings is 2. The molecule has 0 bridgehead atoms. The number of thioether (sulfide) groups is 2. The Bertz CT molecular complexity index is 1370. The van der Waals surface area contributed by atoms with Crippen LogP contribution in [0.1, 0.15) is 137 Å². The highest BCUT2D eigenvalue weighted by Crippen LogP contribution is 2.56. The van der Waals surface area contributed by atoms with Crippen molar-refractivity contribution >= 4 is 40.6 Å². The number of ether oxygens (including phenoxy) is 1. The number of esters is 1. The number of carbonyl (C=O) groups excluding carboxylic acids is 3. The molecule has 1 aliphatic rings. The number of aliphatic hydroxyl groups is 1. The number of hydrogen-bond donors (Lipinski definition) is 1. The summed E-state index contributed by atoms with van der Waals surface area (Å²) >= 11 is 3.20. The SMILES string of the molecule is CCCCCCCSCCCCCC/C=C/[C@H](C(=O)N1C(=O)SC(c2ccccc2)(c2ccccc2)[C@@H]1C(C)C)[C@@](O)(CCC)C(=O)OC(C)(C)C. The molecule has 1 N–H and O–H groups in total. The number of hydrogen-bond acceptors (Lipinski definition) is 7. The van der Waals surface area contributed by atoms with Gasteiger partial charge in [-0.2, -0.15) is 11.8 Å². The van der Waals surface area contributed by atoms with Crippen molar-refractivity contribution in [2.45, 2.75) is 148 Å². The maximum absolute atomic E-state index is 15.0. The van der Waals surface area contributed by atoms with Crippen molar-refractivity contribution in [3.05, 3.63) is 83.9 Å². The standard InChI is InChI=1S/C44H65NO5S2/c1-8-10-11-15-24-32-51-33-25-16-13-12-14-23-30-37(43(49,31-9-2)40(47)50-42(5,6)7)39(46)45-38(34(3)4)44(52-41(45)48,35-26-19-17-20-27-35)36-28-21-18-22-29-36/h17-23,26-30,34,37-38,49H,8-16,24-25,31-33H2,1-7H3/b30-23+/t37-,38+,43+/m1/s1. The smallest absolute Gasteiger partial charge is 0.339 e. The van der Waals surface area contributed by atoms with E-state index in [4.69, 9.17) is 4.74 Å². The second-order valence-electron chi connectivity index (χ2n) is 15.5. The predicted octanol–water partition coefficient (Wildman–Crippen LogP) is 11.3. The fourth-order valence-electron chi connectivity index (χ4n) is 7.22. The highest BCUT2D eigenvalue weighted by molar-refractivity contribution is 8.15. The topological polar surface area (TPSA) is 83.9 Å². The van der Waals surface area contributed by atoms with Crippen LogP contribution in [0.2, 0.25) is 0 Å². The van der Waals surface area contributed by atoms with Gasteiger partial charge < -0.3 is 9.84 Å². The van der Waals surface area contributed by atoms with Gasteiger partial charge in [0.1, 0.15) is 5.60 Å². The van der Waals surface area contributed by atoms with Crippen molar-refractivity contribution in [1.82, 2.24) is 4.90 Å². The molecule has 2 amide bonds. The van der Waals surface area contributed by atoms with Gasteiger partial charge in [0.25, 0.3) is 5.24 Å². The number of imide groups is 1. The summed E-state index contributed by atoms with van der Waals surface area (Å²) in [5.41, 5.74) is -1.19. The Balaban J connectivity index is 1.89. The van der Waals surface area contributed by atoms with Crippen LogP contribution in [0.25, 0.3) is 0 Å². The normalized spacial score (nSPS) is 17.8. The van der Waals surface area contributed by atoms with E-state index in [9.17, 15) is 14.7 Å². The Morgan fingerprint density at radius 1 is 0.865 bits per heavy atom. The number of unbranched alkanes of at least 4 members (excludes halogenated alkanes) is 8. The summed E-state index contributed by atoms with van der Waals surface area (Å²) in [7, 11) is 0. The van der Waals surface area contributed by atoms with Crippen LogP contribution in [-0.4, -0.2) is 55.9 Å². The summed E-state index contributed by atoms with van der Waals surface area (Å²) in [6, 6.07) is 19.2. The first kappa shape index (κ1) is 43.9. The lowest BCUT2D eigenvalue weighted by Gasteiger charge is -2.41. The summed E-state index contributed by atoms with van der Waals surface area (Å²) in [5.74, 6) is -0.433. The molecule has 0 aromatic heterocycles. The average molecular weight is 752 g/mol. The minimum absolute atomic E-state index is 0.0168. The zero-order chi connectivity index (χ0) is 38.2. The van der Waals surface area contributed by atoms with E-state index in [1.54, 1.807) is 26.8 Å².